The predicted octanol–water partition coefficient (Wildman–Crippen LogP) is 2.74. The third-order valence-electron chi connectivity index (χ3n) is 2.66. The molecule has 1 aliphatic heterocycles. The molecule has 0 radical (unpaired) electrons. The molecule has 0 amide bonds. The SMILES string of the molecule is CC(C)c1cc(OC2CCOC2)c(C(=O)O)s1. The van der Waals surface area contributed by atoms with E-state index in [-0.39, 0.29) is 6.10 Å². The van der Waals surface area contributed by atoms with Crippen LogP contribution in [0.3, 0.4) is 0 Å². The van der Waals surface area contributed by atoms with Gasteiger partial charge in [-0.2, -0.15) is 0 Å². The van der Waals surface area contributed by atoms with E-state index in [1.807, 2.05) is 19.9 Å². The van der Waals surface area contributed by atoms with Crippen molar-refractivity contribution in [1.82, 2.24) is 0 Å². The number of carboxylic acids is 1. The highest BCUT2D eigenvalue weighted by atomic mass is 32.1. The minimum atomic E-state index is -0.921. The molecule has 1 aliphatic rings. The zero-order valence-electron chi connectivity index (χ0n) is 9.93. The third-order valence-corrected chi connectivity index (χ3v) is 4.07. The number of carbonyl (C=O) groups is 1. The van der Waals surface area contributed by atoms with Crippen molar-refractivity contribution in [1.29, 1.82) is 0 Å². The summed E-state index contributed by atoms with van der Waals surface area (Å²) in [6.45, 7) is 5.32. The quantitative estimate of drug-likeness (QED) is 0.900. The lowest BCUT2D eigenvalue weighted by atomic mass is 10.2. The lowest BCUT2D eigenvalue weighted by molar-refractivity contribution is 0.0693. The minimum Gasteiger partial charge on any atom is -0.486 e. The Morgan fingerprint density at radius 1 is 1.65 bits per heavy atom. The summed E-state index contributed by atoms with van der Waals surface area (Å²) < 4.78 is 10.9. The standard InChI is InChI=1S/C12H16O4S/c1-7(2)10-5-9(11(17-10)12(13)14)16-8-3-4-15-6-8/h5,7-8H,3-4,6H2,1-2H3,(H,13,14). The first-order chi connectivity index (χ1) is 8.08. The molecule has 2 rings (SSSR count). The molecular weight excluding hydrogens is 240 g/mol. The summed E-state index contributed by atoms with van der Waals surface area (Å²) in [7, 11) is 0. The topological polar surface area (TPSA) is 55.8 Å². The Labute approximate surface area is 104 Å². The van der Waals surface area contributed by atoms with Gasteiger partial charge in [0.05, 0.1) is 13.2 Å². The molecule has 0 saturated carbocycles. The van der Waals surface area contributed by atoms with Gasteiger partial charge in [-0.3, -0.25) is 0 Å². The molecule has 1 aromatic heterocycles. The fourth-order valence-electron chi connectivity index (χ4n) is 1.70. The van der Waals surface area contributed by atoms with E-state index >= 15 is 0 Å². The lowest BCUT2D eigenvalue weighted by Crippen LogP contribution is -2.16. The van der Waals surface area contributed by atoms with Gasteiger partial charge in [-0.1, -0.05) is 13.8 Å². The summed E-state index contributed by atoms with van der Waals surface area (Å²) in [4.78, 5) is 12.5. The van der Waals surface area contributed by atoms with Crippen LogP contribution >= 0.6 is 11.3 Å². The monoisotopic (exact) mass is 256 g/mol. The first kappa shape index (κ1) is 12.4. The Morgan fingerprint density at radius 3 is 2.94 bits per heavy atom. The molecular formula is C12H16O4S. The van der Waals surface area contributed by atoms with Crippen LogP contribution in [0.1, 0.15) is 40.7 Å². The highest BCUT2D eigenvalue weighted by Gasteiger charge is 2.23. The van der Waals surface area contributed by atoms with Gasteiger partial charge in [-0.15, -0.1) is 11.3 Å². The molecule has 94 valence electrons. The molecule has 1 unspecified atom stereocenters. The third kappa shape index (κ3) is 2.79. The van der Waals surface area contributed by atoms with Gasteiger partial charge in [0, 0.05) is 11.3 Å². The lowest BCUT2D eigenvalue weighted by Gasteiger charge is -2.10. The molecule has 17 heavy (non-hydrogen) atoms. The molecule has 0 aliphatic carbocycles. The second-order valence-corrected chi connectivity index (χ2v) is 5.49. The van der Waals surface area contributed by atoms with E-state index in [2.05, 4.69) is 0 Å². The summed E-state index contributed by atoms with van der Waals surface area (Å²) in [6, 6.07) is 1.84. The predicted molar refractivity (Wildman–Crippen MR) is 65.2 cm³/mol. The second kappa shape index (κ2) is 5.06. The number of thiophene rings is 1. The second-order valence-electron chi connectivity index (χ2n) is 4.41. The van der Waals surface area contributed by atoms with E-state index in [0.717, 1.165) is 11.3 Å². The van der Waals surface area contributed by atoms with Crippen LogP contribution in [0.2, 0.25) is 0 Å². The molecule has 1 aromatic rings. The number of aromatic carboxylic acids is 1. The normalized spacial score (nSPS) is 19.8. The number of carboxylic acid groups (broad SMARTS) is 1. The zero-order valence-corrected chi connectivity index (χ0v) is 10.8. The van der Waals surface area contributed by atoms with Gasteiger partial charge in [0.25, 0.3) is 0 Å². The van der Waals surface area contributed by atoms with Crippen LogP contribution in [0.15, 0.2) is 6.07 Å². The van der Waals surface area contributed by atoms with Crippen molar-refractivity contribution in [2.45, 2.75) is 32.3 Å². The van der Waals surface area contributed by atoms with Crippen LogP contribution in [0, 0.1) is 0 Å². The van der Waals surface area contributed by atoms with Gasteiger partial charge in [0.1, 0.15) is 11.9 Å². The van der Waals surface area contributed by atoms with Crippen LogP contribution in [0.4, 0.5) is 0 Å². The maximum atomic E-state index is 11.1. The van der Waals surface area contributed by atoms with E-state index in [1.165, 1.54) is 11.3 Å². The van der Waals surface area contributed by atoms with Gasteiger partial charge in [-0.05, 0) is 12.0 Å². The van der Waals surface area contributed by atoms with E-state index in [0.29, 0.717) is 29.8 Å². The summed E-state index contributed by atoms with van der Waals surface area (Å²) in [5, 5.41) is 9.13. The maximum absolute atomic E-state index is 11.1. The van der Waals surface area contributed by atoms with Crippen LogP contribution in [0.25, 0.3) is 0 Å². The van der Waals surface area contributed by atoms with Crippen molar-refractivity contribution in [3.63, 3.8) is 0 Å². The molecule has 4 nitrogen and oxygen atoms in total. The molecule has 0 aromatic carbocycles. The van der Waals surface area contributed by atoms with E-state index in [4.69, 9.17) is 14.6 Å². The van der Waals surface area contributed by atoms with Gasteiger partial charge in [0.2, 0.25) is 0 Å². The van der Waals surface area contributed by atoms with E-state index in [1.54, 1.807) is 0 Å². The molecule has 5 heteroatoms. The Kier molecular flexibility index (Phi) is 3.69. The molecule has 2 heterocycles. The summed E-state index contributed by atoms with van der Waals surface area (Å²) in [6.07, 6.45) is 0.814. The fraction of sp³-hybridized carbons (Fsp3) is 0.583. The minimum absolute atomic E-state index is 0.0114. The number of hydrogen-bond acceptors (Lipinski definition) is 4. The van der Waals surface area contributed by atoms with Gasteiger partial charge >= 0.3 is 5.97 Å². The first-order valence-electron chi connectivity index (χ1n) is 5.69. The van der Waals surface area contributed by atoms with Crippen LogP contribution in [-0.2, 0) is 4.74 Å². The van der Waals surface area contributed by atoms with Crippen LogP contribution in [0.5, 0.6) is 5.75 Å². The largest absolute Gasteiger partial charge is 0.486 e. The van der Waals surface area contributed by atoms with E-state index < -0.39 is 5.97 Å². The number of hydrogen-bond donors (Lipinski definition) is 1. The highest BCUT2D eigenvalue weighted by molar-refractivity contribution is 7.14. The highest BCUT2D eigenvalue weighted by Crippen LogP contribution is 2.35. The summed E-state index contributed by atoms with van der Waals surface area (Å²) >= 11 is 1.29. The first-order valence-corrected chi connectivity index (χ1v) is 6.51. The summed E-state index contributed by atoms with van der Waals surface area (Å²) in [5.74, 6) is -0.118. The fourth-order valence-corrected chi connectivity index (χ4v) is 2.63. The molecule has 1 fully saturated rings. The van der Waals surface area contributed by atoms with Crippen molar-refractivity contribution in [3.8, 4) is 5.75 Å². The smallest absolute Gasteiger partial charge is 0.349 e. The Hall–Kier alpha value is -1.07. The van der Waals surface area contributed by atoms with Crippen LogP contribution < -0.4 is 4.74 Å². The molecule has 0 bridgehead atoms. The van der Waals surface area contributed by atoms with Crippen molar-refractivity contribution in [2.24, 2.45) is 0 Å². The van der Waals surface area contributed by atoms with Gasteiger partial charge in [0.15, 0.2) is 4.88 Å². The average Bonchev–Trinajstić information content (AvgIpc) is 2.87. The van der Waals surface area contributed by atoms with E-state index in [9.17, 15) is 4.79 Å². The number of ether oxygens (including phenoxy) is 2. The Balaban J connectivity index is 2.20. The summed E-state index contributed by atoms with van der Waals surface area (Å²) in [5.41, 5.74) is 0. The molecule has 1 N–H and O–H groups in total. The Bertz CT molecular complexity index is 405. The van der Waals surface area contributed by atoms with Gasteiger partial charge in [-0.25, -0.2) is 4.79 Å². The van der Waals surface area contributed by atoms with Gasteiger partial charge < -0.3 is 14.6 Å². The Morgan fingerprint density at radius 2 is 2.41 bits per heavy atom. The zero-order chi connectivity index (χ0) is 12.4. The average molecular weight is 256 g/mol. The molecule has 1 saturated heterocycles. The maximum Gasteiger partial charge on any atom is 0.349 e. The van der Waals surface area contributed by atoms with Crippen molar-refractivity contribution in [3.05, 3.63) is 15.8 Å². The van der Waals surface area contributed by atoms with Crippen LogP contribution in [-0.4, -0.2) is 30.4 Å². The molecule has 1 atom stereocenters. The molecule has 0 spiro atoms. The number of rotatable bonds is 4. The van der Waals surface area contributed by atoms with Crippen molar-refractivity contribution >= 4 is 17.3 Å². The van der Waals surface area contributed by atoms with Crippen molar-refractivity contribution in [2.75, 3.05) is 13.2 Å². The van der Waals surface area contributed by atoms with Crippen molar-refractivity contribution < 1.29 is 19.4 Å².